The molecule has 10 heteroatoms. The third kappa shape index (κ3) is 7.75. The van der Waals surface area contributed by atoms with E-state index in [0.29, 0.717) is 36.1 Å². The molecule has 8 nitrogen and oxygen atoms in total. The number of rotatable bonds is 11. The van der Waals surface area contributed by atoms with Gasteiger partial charge in [-0.1, -0.05) is 19.9 Å². The fourth-order valence-electron chi connectivity index (χ4n) is 4.08. The highest BCUT2D eigenvalue weighted by Gasteiger charge is 2.24. The van der Waals surface area contributed by atoms with Gasteiger partial charge in [0.1, 0.15) is 16.7 Å². The van der Waals surface area contributed by atoms with Crippen LogP contribution in [-0.4, -0.2) is 40.1 Å². The number of anilines is 2. The van der Waals surface area contributed by atoms with Crippen LogP contribution in [0.3, 0.4) is 0 Å². The Morgan fingerprint density at radius 3 is 2.94 bits per heavy atom. The van der Waals surface area contributed by atoms with Gasteiger partial charge in [-0.25, -0.2) is 15.0 Å². The van der Waals surface area contributed by atoms with Crippen molar-refractivity contribution in [1.82, 2.24) is 20.3 Å². The topological polar surface area (TPSA) is 113 Å². The van der Waals surface area contributed by atoms with Gasteiger partial charge in [0.2, 0.25) is 5.91 Å². The zero-order valence-corrected chi connectivity index (χ0v) is 22.1. The van der Waals surface area contributed by atoms with E-state index in [2.05, 4.69) is 35.5 Å². The Bertz CT molecular complexity index is 1190. The fraction of sp³-hybridized carbons (Fsp3) is 0.423. The summed E-state index contributed by atoms with van der Waals surface area (Å²) in [6, 6.07) is 11.3. The van der Waals surface area contributed by atoms with Gasteiger partial charge in [-0.05, 0) is 55.1 Å². The molecule has 36 heavy (non-hydrogen) atoms. The van der Waals surface area contributed by atoms with Crippen LogP contribution in [0.2, 0.25) is 0 Å². The first-order valence-corrected chi connectivity index (χ1v) is 13.8. The van der Waals surface area contributed by atoms with Crippen molar-refractivity contribution in [1.29, 1.82) is 5.26 Å². The molecule has 0 aliphatic carbocycles. The van der Waals surface area contributed by atoms with Crippen LogP contribution in [0.15, 0.2) is 51.3 Å². The number of nitrogens with zero attached hydrogens (tertiary/aromatic N) is 4. The summed E-state index contributed by atoms with van der Waals surface area (Å²) in [6.45, 7) is 5.53. The predicted molar refractivity (Wildman–Crippen MR) is 141 cm³/mol. The minimum atomic E-state index is -0.249. The maximum Gasteiger partial charge on any atom is 0.223 e. The van der Waals surface area contributed by atoms with Gasteiger partial charge in [0, 0.05) is 48.8 Å². The average Bonchev–Trinajstić information content (AvgIpc) is 3.56. The summed E-state index contributed by atoms with van der Waals surface area (Å²) in [7, 11) is 0. The first-order valence-electron chi connectivity index (χ1n) is 12.1. The minimum absolute atomic E-state index is 0.0111. The number of nitrogens with one attached hydrogen (secondary N) is 2. The van der Waals surface area contributed by atoms with Crippen LogP contribution in [0.4, 0.5) is 11.5 Å². The second-order valence-electron chi connectivity index (χ2n) is 9.14. The van der Waals surface area contributed by atoms with Crippen molar-refractivity contribution in [3.05, 3.63) is 53.3 Å². The largest absolute Gasteiger partial charge is 0.376 e. The summed E-state index contributed by atoms with van der Waals surface area (Å²) >= 11 is 3.01. The van der Waals surface area contributed by atoms with Gasteiger partial charge in [-0.15, -0.1) is 11.3 Å². The molecule has 0 radical (unpaired) electrons. The van der Waals surface area contributed by atoms with E-state index < -0.39 is 0 Å². The predicted octanol–water partition coefficient (Wildman–Crippen LogP) is 5.20. The summed E-state index contributed by atoms with van der Waals surface area (Å²) in [5.41, 5.74) is 1.32. The number of thiazole rings is 1. The summed E-state index contributed by atoms with van der Waals surface area (Å²) in [6.07, 6.45) is 5.05. The van der Waals surface area contributed by atoms with Crippen molar-refractivity contribution in [2.45, 2.75) is 55.0 Å². The Balaban J connectivity index is 1.55. The lowest BCUT2D eigenvalue weighted by molar-refractivity contribution is -0.126. The molecule has 2 aromatic heterocycles. The fourth-order valence-corrected chi connectivity index (χ4v) is 5.67. The molecule has 0 saturated carbocycles. The van der Waals surface area contributed by atoms with E-state index in [4.69, 9.17) is 14.7 Å². The zero-order chi connectivity index (χ0) is 25.3. The summed E-state index contributed by atoms with van der Waals surface area (Å²) < 4.78 is 6.54. The molecule has 2 atom stereocenters. The van der Waals surface area contributed by atoms with E-state index in [1.54, 1.807) is 29.7 Å². The SMILES string of the molecule is CC(C)CC(Cc1nc(Nc2cccc(C#N)c2)cc(Sc2nccs2)n1)C(=O)NCC1CCCO1. The van der Waals surface area contributed by atoms with Crippen molar-refractivity contribution >= 4 is 40.5 Å². The third-order valence-corrected chi connectivity index (χ3v) is 7.50. The van der Waals surface area contributed by atoms with E-state index in [0.717, 1.165) is 40.9 Å². The molecule has 2 N–H and O–H groups in total. The lowest BCUT2D eigenvalue weighted by Gasteiger charge is -2.20. The lowest BCUT2D eigenvalue weighted by atomic mass is 9.93. The van der Waals surface area contributed by atoms with E-state index in [1.807, 2.05) is 23.6 Å². The molecule has 188 valence electrons. The van der Waals surface area contributed by atoms with E-state index in [9.17, 15) is 10.1 Å². The third-order valence-electron chi connectivity index (χ3n) is 5.70. The zero-order valence-electron chi connectivity index (χ0n) is 20.4. The Kier molecular flexibility index (Phi) is 9.28. The number of carbonyl (C=O) groups excluding carboxylic acids is 1. The summed E-state index contributed by atoms with van der Waals surface area (Å²) in [5.74, 6) is 1.31. The second-order valence-corrected chi connectivity index (χ2v) is 11.3. The number of aromatic nitrogens is 3. The van der Waals surface area contributed by atoms with Crippen molar-refractivity contribution in [2.24, 2.45) is 11.8 Å². The Morgan fingerprint density at radius 1 is 1.33 bits per heavy atom. The first-order chi connectivity index (χ1) is 17.5. The van der Waals surface area contributed by atoms with Crippen LogP contribution in [0.5, 0.6) is 0 Å². The van der Waals surface area contributed by atoms with Gasteiger partial charge in [0.05, 0.1) is 17.7 Å². The molecule has 0 bridgehead atoms. The smallest absolute Gasteiger partial charge is 0.223 e. The van der Waals surface area contributed by atoms with Gasteiger partial charge >= 0.3 is 0 Å². The molecule has 2 unspecified atom stereocenters. The number of amides is 1. The highest BCUT2D eigenvalue weighted by molar-refractivity contribution is 8.01. The number of carbonyl (C=O) groups is 1. The Morgan fingerprint density at radius 2 is 2.22 bits per heavy atom. The molecule has 1 aliphatic heterocycles. The van der Waals surface area contributed by atoms with Gasteiger partial charge in [-0.3, -0.25) is 4.79 Å². The maximum atomic E-state index is 13.1. The molecule has 1 aliphatic rings. The highest BCUT2D eigenvalue weighted by atomic mass is 32.2. The normalized spacial score (nSPS) is 16.0. The number of hydrogen-bond acceptors (Lipinski definition) is 9. The van der Waals surface area contributed by atoms with Crippen LogP contribution in [0.1, 0.15) is 44.5 Å². The van der Waals surface area contributed by atoms with Gasteiger partial charge in [0.25, 0.3) is 0 Å². The molecule has 1 fully saturated rings. The van der Waals surface area contributed by atoms with Crippen molar-refractivity contribution in [3.8, 4) is 6.07 Å². The second kappa shape index (κ2) is 12.8. The molecule has 1 aromatic carbocycles. The summed E-state index contributed by atoms with van der Waals surface area (Å²) in [4.78, 5) is 27.0. The van der Waals surface area contributed by atoms with E-state index in [-0.39, 0.29) is 17.9 Å². The number of hydrogen-bond donors (Lipinski definition) is 2. The Labute approximate surface area is 219 Å². The van der Waals surface area contributed by atoms with Crippen LogP contribution in [-0.2, 0) is 16.0 Å². The van der Waals surface area contributed by atoms with Gasteiger partial charge in [0.15, 0.2) is 4.34 Å². The standard InChI is InChI=1S/C26H30N6O2S2/c1-17(2)11-19(25(33)29-16-21-7-4-9-34-21)13-22-31-23(30-20-6-3-5-18(12-20)15-27)14-24(32-22)36-26-28-8-10-35-26/h3,5-6,8,10,12,14,17,19,21H,4,7,9,11,13,16H2,1-2H3,(H,29,33)(H,30,31,32). The number of nitriles is 1. The molecular formula is C26H30N6O2S2. The molecule has 4 rings (SSSR count). The lowest BCUT2D eigenvalue weighted by Crippen LogP contribution is -2.37. The highest BCUT2D eigenvalue weighted by Crippen LogP contribution is 2.30. The number of benzene rings is 1. The number of ether oxygens (including phenoxy) is 1. The van der Waals surface area contributed by atoms with Gasteiger partial charge in [-0.2, -0.15) is 5.26 Å². The molecule has 1 saturated heterocycles. The molecular weight excluding hydrogens is 492 g/mol. The van der Waals surface area contributed by atoms with E-state index in [1.165, 1.54) is 11.8 Å². The molecule has 3 aromatic rings. The molecule has 3 heterocycles. The van der Waals surface area contributed by atoms with E-state index >= 15 is 0 Å². The van der Waals surface area contributed by atoms with Crippen molar-refractivity contribution in [3.63, 3.8) is 0 Å². The summed E-state index contributed by atoms with van der Waals surface area (Å²) in [5, 5.41) is 18.3. The van der Waals surface area contributed by atoms with Crippen LogP contribution in [0.25, 0.3) is 0 Å². The maximum absolute atomic E-state index is 13.1. The van der Waals surface area contributed by atoms with Gasteiger partial charge < -0.3 is 15.4 Å². The van der Waals surface area contributed by atoms with Crippen LogP contribution in [0, 0.1) is 23.2 Å². The first kappa shape index (κ1) is 26.1. The van der Waals surface area contributed by atoms with Crippen LogP contribution < -0.4 is 10.6 Å². The molecule has 0 spiro atoms. The molecule has 1 amide bonds. The quantitative estimate of drug-likeness (QED) is 0.331. The average molecular weight is 523 g/mol. The monoisotopic (exact) mass is 522 g/mol. The van der Waals surface area contributed by atoms with Crippen molar-refractivity contribution in [2.75, 3.05) is 18.5 Å². The van der Waals surface area contributed by atoms with Crippen LogP contribution >= 0.6 is 23.1 Å². The van der Waals surface area contributed by atoms with Crippen molar-refractivity contribution < 1.29 is 9.53 Å². The minimum Gasteiger partial charge on any atom is -0.376 e. The Hall–Kier alpha value is -3.00.